The Kier molecular flexibility index (Phi) is 2.29. The minimum absolute atomic E-state index is 0.208. The molecule has 1 aromatic carbocycles. The van der Waals surface area contributed by atoms with Crippen LogP contribution in [-0.4, -0.2) is 35.5 Å². The fourth-order valence-corrected chi connectivity index (χ4v) is 4.81. The molecule has 2 aromatic rings. The first kappa shape index (κ1) is 12.5. The van der Waals surface area contributed by atoms with E-state index in [0.29, 0.717) is 24.3 Å². The van der Waals surface area contributed by atoms with Crippen molar-refractivity contribution in [2.75, 3.05) is 13.7 Å². The molecule has 1 saturated heterocycles. The van der Waals surface area contributed by atoms with Gasteiger partial charge in [-0.3, -0.25) is 4.79 Å². The molecule has 4 nitrogen and oxygen atoms in total. The van der Waals surface area contributed by atoms with E-state index in [0.717, 1.165) is 41.5 Å². The van der Waals surface area contributed by atoms with E-state index in [-0.39, 0.29) is 17.5 Å². The number of nitrogens with one attached hydrogen (secondary N) is 1. The number of carbonyl (C=O) groups excluding carboxylic acids is 1. The van der Waals surface area contributed by atoms with Crippen molar-refractivity contribution in [3.63, 3.8) is 0 Å². The Labute approximate surface area is 127 Å². The average molecular weight is 300 g/mol. The van der Waals surface area contributed by atoms with E-state index in [9.17, 15) is 9.18 Å². The number of hydrogen-bond acceptors (Lipinski definition) is 2. The standard InChI is InChI=1S/C17H17FN2O2/c1-22-15-4-9-10-5-16(21)20-7-8-2-11(14(20)3-8)17(10)19-13(9)6-12(15)18/h4,6,8,11,14,19H,2-3,5,7H2,1H3/t8-,11-,14+/m1/s1. The van der Waals surface area contributed by atoms with Gasteiger partial charge in [-0.05, 0) is 30.4 Å². The summed E-state index contributed by atoms with van der Waals surface area (Å²) in [6.45, 7) is 0.917. The van der Waals surface area contributed by atoms with Crippen LogP contribution in [0.3, 0.4) is 0 Å². The van der Waals surface area contributed by atoms with Gasteiger partial charge in [0.25, 0.3) is 0 Å². The highest BCUT2D eigenvalue weighted by Gasteiger charge is 2.50. The molecule has 0 spiro atoms. The number of halogens is 1. The lowest BCUT2D eigenvalue weighted by atomic mass is 9.93. The van der Waals surface area contributed by atoms with E-state index < -0.39 is 0 Å². The maximum absolute atomic E-state index is 14.0. The molecule has 3 aliphatic rings. The summed E-state index contributed by atoms with van der Waals surface area (Å²) in [4.78, 5) is 18.1. The molecule has 1 amide bonds. The van der Waals surface area contributed by atoms with Crippen LogP contribution in [0.2, 0.25) is 0 Å². The highest BCUT2D eigenvalue weighted by atomic mass is 19.1. The number of benzene rings is 1. The lowest BCUT2D eigenvalue weighted by Crippen LogP contribution is -2.40. The van der Waals surface area contributed by atoms with E-state index >= 15 is 0 Å². The highest BCUT2D eigenvalue weighted by molar-refractivity contribution is 5.92. The molecule has 1 aliphatic carbocycles. The SMILES string of the molecule is COc1cc2c3c([nH]c2cc1F)[C@@H]1C[C@@H]2C[C@@H]1N(C2)C(=O)C3. The Morgan fingerprint density at radius 3 is 3.00 bits per heavy atom. The second-order valence-electron chi connectivity index (χ2n) is 6.78. The van der Waals surface area contributed by atoms with Gasteiger partial charge in [-0.15, -0.1) is 0 Å². The van der Waals surface area contributed by atoms with Crippen LogP contribution in [0.15, 0.2) is 12.1 Å². The molecule has 5 rings (SSSR count). The monoisotopic (exact) mass is 300 g/mol. The van der Waals surface area contributed by atoms with Gasteiger partial charge in [0.2, 0.25) is 5.91 Å². The second kappa shape index (κ2) is 4.03. The van der Waals surface area contributed by atoms with Crippen molar-refractivity contribution in [1.29, 1.82) is 0 Å². The predicted octanol–water partition coefficient (Wildman–Crippen LogP) is 2.58. The molecule has 5 heteroatoms. The molecule has 1 saturated carbocycles. The van der Waals surface area contributed by atoms with Crippen LogP contribution in [-0.2, 0) is 11.2 Å². The first-order valence-corrected chi connectivity index (χ1v) is 7.83. The quantitative estimate of drug-likeness (QED) is 0.880. The van der Waals surface area contributed by atoms with Crippen LogP contribution < -0.4 is 4.74 Å². The molecule has 1 aromatic heterocycles. The molecule has 2 bridgehead atoms. The molecular weight excluding hydrogens is 283 g/mol. The van der Waals surface area contributed by atoms with Crippen LogP contribution in [0, 0.1) is 11.7 Å². The molecule has 3 heterocycles. The third kappa shape index (κ3) is 1.44. The zero-order valence-electron chi connectivity index (χ0n) is 12.4. The molecule has 2 aliphatic heterocycles. The largest absolute Gasteiger partial charge is 0.494 e. The molecule has 3 atom stereocenters. The first-order valence-electron chi connectivity index (χ1n) is 7.83. The fraction of sp³-hybridized carbons (Fsp3) is 0.471. The van der Waals surface area contributed by atoms with Gasteiger partial charge in [-0.2, -0.15) is 0 Å². The van der Waals surface area contributed by atoms with Crippen LogP contribution in [0.4, 0.5) is 4.39 Å². The Morgan fingerprint density at radius 2 is 2.23 bits per heavy atom. The van der Waals surface area contributed by atoms with E-state index in [1.54, 1.807) is 6.07 Å². The third-order valence-corrected chi connectivity index (χ3v) is 5.71. The predicted molar refractivity (Wildman–Crippen MR) is 79.5 cm³/mol. The van der Waals surface area contributed by atoms with E-state index in [4.69, 9.17) is 4.74 Å². The summed E-state index contributed by atoms with van der Waals surface area (Å²) in [6.07, 6.45) is 2.65. The topological polar surface area (TPSA) is 45.3 Å². The number of hydrogen-bond donors (Lipinski definition) is 1. The summed E-state index contributed by atoms with van der Waals surface area (Å²) in [6, 6.07) is 3.54. The van der Waals surface area contributed by atoms with Crippen molar-refractivity contribution in [3.05, 3.63) is 29.2 Å². The number of amides is 1. The van der Waals surface area contributed by atoms with Crippen LogP contribution in [0.1, 0.15) is 30.0 Å². The normalized spacial score (nSPS) is 29.1. The summed E-state index contributed by atoms with van der Waals surface area (Å²) in [7, 11) is 1.47. The van der Waals surface area contributed by atoms with Crippen LogP contribution in [0.5, 0.6) is 5.75 Å². The molecule has 2 fully saturated rings. The van der Waals surface area contributed by atoms with E-state index in [1.807, 2.05) is 0 Å². The van der Waals surface area contributed by atoms with E-state index in [1.165, 1.54) is 13.2 Å². The van der Waals surface area contributed by atoms with Gasteiger partial charge in [0.05, 0.1) is 13.5 Å². The van der Waals surface area contributed by atoms with Crippen molar-refractivity contribution >= 4 is 16.8 Å². The molecule has 22 heavy (non-hydrogen) atoms. The number of rotatable bonds is 1. The third-order valence-electron chi connectivity index (χ3n) is 5.71. The lowest BCUT2D eigenvalue weighted by Gasteiger charge is -2.30. The molecule has 0 unspecified atom stereocenters. The number of fused-ring (bicyclic) bond motifs is 5. The van der Waals surface area contributed by atoms with Crippen molar-refractivity contribution in [2.45, 2.75) is 31.2 Å². The minimum Gasteiger partial charge on any atom is -0.494 e. The van der Waals surface area contributed by atoms with Crippen molar-refractivity contribution in [2.24, 2.45) is 5.92 Å². The highest BCUT2D eigenvalue weighted by Crippen LogP contribution is 2.50. The summed E-state index contributed by atoms with van der Waals surface area (Å²) >= 11 is 0. The number of ether oxygens (including phenoxy) is 1. The van der Waals surface area contributed by atoms with Crippen LogP contribution in [0.25, 0.3) is 10.9 Å². The van der Waals surface area contributed by atoms with Gasteiger partial charge in [-0.1, -0.05) is 0 Å². The van der Waals surface area contributed by atoms with Crippen molar-refractivity contribution in [1.82, 2.24) is 9.88 Å². The summed E-state index contributed by atoms with van der Waals surface area (Å²) in [5.74, 6) is 1.08. The maximum atomic E-state index is 14.0. The summed E-state index contributed by atoms with van der Waals surface area (Å²) in [5.41, 5.74) is 2.95. The minimum atomic E-state index is -0.368. The number of H-pyrrole nitrogens is 1. The lowest BCUT2D eigenvalue weighted by molar-refractivity contribution is -0.132. The number of nitrogens with zero attached hydrogens (tertiary/aromatic N) is 1. The number of carbonyl (C=O) groups is 1. The first-order chi connectivity index (χ1) is 10.7. The maximum Gasteiger partial charge on any atom is 0.227 e. The summed E-state index contributed by atoms with van der Waals surface area (Å²) < 4.78 is 19.1. The Morgan fingerprint density at radius 1 is 1.36 bits per heavy atom. The fourth-order valence-electron chi connectivity index (χ4n) is 4.81. The zero-order valence-corrected chi connectivity index (χ0v) is 12.4. The Hall–Kier alpha value is -2.04. The molecule has 0 radical (unpaired) electrons. The number of methoxy groups -OCH3 is 1. The van der Waals surface area contributed by atoms with Crippen molar-refractivity contribution in [3.8, 4) is 5.75 Å². The second-order valence-corrected chi connectivity index (χ2v) is 6.78. The van der Waals surface area contributed by atoms with Gasteiger partial charge in [0.1, 0.15) is 0 Å². The van der Waals surface area contributed by atoms with Gasteiger partial charge in [-0.25, -0.2) is 4.39 Å². The number of aromatic amines is 1. The van der Waals surface area contributed by atoms with Crippen molar-refractivity contribution < 1.29 is 13.9 Å². The van der Waals surface area contributed by atoms with E-state index in [2.05, 4.69) is 9.88 Å². The molecular formula is C17H17FN2O2. The Balaban J connectivity index is 1.76. The van der Waals surface area contributed by atoms with Gasteiger partial charge < -0.3 is 14.6 Å². The van der Waals surface area contributed by atoms with Gasteiger partial charge in [0, 0.05) is 41.2 Å². The summed E-state index contributed by atoms with van der Waals surface area (Å²) in [5, 5.41) is 0.924. The number of aromatic nitrogens is 1. The van der Waals surface area contributed by atoms with Crippen LogP contribution >= 0.6 is 0 Å². The van der Waals surface area contributed by atoms with Gasteiger partial charge >= 0.3 is 0 Å². The smallest absolute Gasteiger partial charge is 0.227 e. The Bertz CT molecular complexity index is 813. The number of piperidine rings is 1. The zero-order chi connectivity index (χ0) is 15.0. The molecule has 1 N–H and O–H groups in total. The van der Waals surface area contributed by atoms with Gasteiger partial charge in [0.15, 0.2) is 11.6 Å². The average Bonchev–Trinajstić information content (AvgIpc) is 3.17. The molecule has 114 valence electrons.